The number of pyridine rings is 1. The number of rotatable bonds is 5. The molecule has 106 valence electrons. The van der Waals surface area contributed by atoms with E-state index in [4.69, 9.17) is 0 Å². The molecule has 1 heterocycles. The molecule has 0 aliphatic rings. The lowest BCUT2D eigenvalue weighted by atomic mass is 10.0. The van der Waals surface area contributed by atoms with E-state index < -0.39 is 0 Å². The van der Waals surface area contributed by atoms with Gasteiger partial charge in [0.2, 0.25) is 0 Å². The van der Waals surface area contributed by atoms with Crippen molar-refractivity contribution in [2.24, 2.45) is 0 Å². The van der Waals surface area contributed by atoms with Crippen molar-refractivity contribution >= 4 is 5.69 Å². The lowest BCUT2D eigenvalue weighted by Gasteiger charge is -2.13. The minimum atomic E-state index is 0.0597. The summed E-state index contributed by atoms with van der Waals surface area (Å²) < 4.78 is 1.76. The molecule has 0 unspecified atom stereocenters. The maximum atomic E-state index is 11.7. The van der Waals surface area contributed by atoms with E-state index in [1.54, 1.807) is 10.6 Å². The maximum absolute atomic E-state index is 11.7. The van der Waals surface area contributed by atoms with Gasteiger partial charge in [-0.05, 0) is 43.0 Å². The van der Waals surface area contributed by atoms with Gasteiger partial charge in [-0.3, -0.25) is 4.79 Å². The smallest absolute Gasteiger partial charge is 0.250 e. The zero-order valence-corrected chi connectivity index (χ0v) is 12.4. The van der Waals surface area contributed by atoms with Crippen molar-refractivity contribution in [3.8, 4) is 0 Å². The van der Waals surface area contributed by atoms with E-state index in [0.717, 1.165) is 25.2 Å². The minimum Gasteiger partial charge on any atom is -0.380 e. The zero-order chi connectivity index (χ0) is 14.5. The van der Waals surface area contributed by atoms with Crippen LogP contribution in [-0.2, 0) is 13.1 Å². The summed E-state index contributed by atoms with van der Waals surface area (Å²) in [4.78, 5) is 11.7. The summed E-state index contributed by atoms with van der Waals surface area (Å²) in [6.07, 6.45) is 2.86. The fourth-order valence-corrected chi connectivity index (χ4v) is 2.37. The zero-order valence-electron chi connectivity index (χ0n) is 12.4. The molecule has 0 fully saturated rings. The van der Waals surface area contributed by atoms with Crippen molar-refractivity contribution in [1.29, 1.82) is 0 Å². The second-order valence-electron chi connectivity index (χ2n) is 5.17. The number of anilines is 1. The Morgan fingerprint density at radius 2 is 1.80 bits per heavy atom. The normalized spacial score (nSPS) is 10.6. The SMILES string of the molecule is CCCn1cc(NCc2c(C)cccc2C)ccc1=O. The van der Waals surface area contributed by atoms with E-state index in [9.17, 15) is 4.79 Å². The van der Waals surface area contributed by atoms with Gasteiger partial charge in [0.15, 0.2) is 0 Å². The highest BCUT2D eigenvalue weighted by Gasteiger charge is 2.03. The number of aryl methyl sites for hydroxylation is 3. The van der Waals surface area contributed by atoms with Crippen molar-refractivity contribution in [3.63, 3.8) is 0 Å². The topological polar surface area (TPSA) is 34.0 Å². The molecule has 2 rings (SSSR count). The number of hydrogen-bond donors (Lipinski definition) is 1. The molecule has 0 spiro atoms. The van der Waals surface area contributed by atoms with Crippen LogP contribution in [0.4, 0.5) is 5.69 Å². The molecule has 20 heavy (non-hydrogen) atoms. The molecule has 0 saturated heterocycles. The first-order valence-corrected chi connectivity index (χ1v) is 7.11. The third kappa shape index (κ3) is 3.29. The van der Waals surface area contributed by atoms with Crippen molar-refractivity contribution in [2.45, 2.75) is 40.3 Å². The van der Waals surface area contributed by atoms with E-state index in [0.29, 0.717) is 0 Å². The minimum absolute atomic E-state index is 0.0597. The van der Waals surface area contributed by atoms with Crippen LogP contribution in [0.15, 0.2) is 41.3 Å². The van der Waals surface area contributed by atoms with Gasteiger partial charge in [-0.15, -0.1) is 0 Å². The molecule has 0 radical (unpaired) electrons. The number of nitrogens with one attached hydrogen (secondary N) is 1. The average molecular weight is 270 g/mol. The molecule has 1 N–H and O–H groups in total. The van der Waals surface area contributed by atoms with Crippen molar-refractivity contribution < 1.29 is 0 Å². The molecule has 0 atom stereocenters. The van der Waals surface area contributed by atoms with Gasteiger partial charge >= 0.3 is 0 Å². The maximum Gasteiger partial charge on any atom is 0.250 e. The number of aromatic nitrogens is 1. The van der Waals surface area contributed by atoms with Gasteiger partial charge < -0.3 is 9.88 Å². The summed E-state index contributed by atoms with van der Waals surface area (Å²) in [5.41, 5.74) is 4.95. The van der Waals surface area contributed by atoms with Gasteiger partial charge in [0.1, 0.15) is 0 Å². The summed E-state index contributed by atoms with van der Waals surface area (Å²) in [6, 6.07) is 9.81. The van der Waals surface area contributed by atoms with Crippen molar-refractivity contribution in [3.05, 3.63) is 63.6 Å². The number of benzene rings is 1. The molecule has 0 amide bonds. The molecule has 3 nitrogen and oxygen atoms in total. The molecular weight excluding hydrogens is 248 g/mol. The Kier molecular flexibility index (Phi) is 4.61. The van der Waals surface area contributed by atoms with Gasteiger partial charge in [-0.25, -0.2) is 0 Å². The van der Waals surface area contributed by atoms with Crippen molar-refractivity contribution in [1.82, 2.24) is 4.57 Å². The average Bonchev–Trinajstić information content (AvgIpc) is 2.42. The summed E-state index contributed by atoms with van der Waals surface area (Å²) in [5.74, 6) is 0. The van der Waals surface area contributed by atoms with E-state index in [2.05, 4.69) is 44.3 Å². The first-order valence-electron chi connectivity index (χ1n) is 7.11. The lowest BCUT2D eigenvalue weighted by Crippen LogP contribution is -2.19. The predicted octanol–water partition coefficient (Wildman–Crippen LogP) is 3.49. The Balaban J connectivity index is 2.15. The second-order valence-corrected chi connectivity index (χ2v) is 5.17. The monoisotopic (exact) mass is 270 g/mol. The van der Waals surface area contributed by atoms with E-state index in [1.807, 2.05) is 12.3 Å². The molecule has 0 saturated carbocycles. The lowest BCUT2D eigenvalue weighted by molar-refractivity contribution is 0.655. The van der Waals surface area contributed by atoms with Crippen LogP contribution in [0, 0.1) is 13.8 Å². The third-order valence-electron chi connectivity index (χ3n) is 3.56. The van der Waals surface area contributed by atoms with Crippen LogP contribution in [0.1, 0.15) is 30.0 Å². The van der Waals surface area contributed by atoms with Gasteiger partial charge in [0.05, 0.1) is 5.69 Å². The van der Waals surface area contributed by atoms with Crippen LogP contribution in [0.25, 0.3) is 0 Å². The Hall–Kier alpha value is -2.03. The van der Waals surface area contributed by atoms with Gasteiger partial charge in [0, 0.05) is 25.4 Å². The van der Waals surface area contributed by atoms with Crippen LogP contribution < -0.4 is 10.9 Å². The van der Waals surface area contributed by atoms with Crippen LogP contribution in [-0.4, -0.2) is 4.57 Å². The highest BCUT2D eigenvalue weighted by Crippen LogP contribution is 2.15. The first-order chi connectivity index (χ1) is 9.61. The largest absolute Gasteiger partial charge is 0.380 e. The van der Waals surface area contributed by atoms with Crippen molar-refractivity contribution in [2.75, 3.05) is 5.32 Å². The molecular formula is C17H22N2O. The van der Waals surface area contributed by atoms with Crippen LogP contribution in [0.2, 0.25) is 0 Å². The summed E-state index contributed by atoms with van der Waals surface area (Å²) in [7, 11) is 0. The molecule has 3 heteroatoms. The van der Waals surface area contributed by atoms with Gasteiger partial charge in [0.25, 0.3) is 5.56 Å². The molecule has 0 aliphatic carbocycles. The molecule has 1 aromatic heterocycles. The standard InChI is InChI=1S/C17H22N2O/c1-4-10-19-12-15(8-9-17(19)20)18-11-16-13(2)6-5-7-14(16)3/h5-9,12,18H,4,10-11H2,1-3H3. The predicted molar refractivity (Wildman–Crippen MR) is 84.2 cm³/mol. The number of hydrogen-bond acceptors (Lipinski definition) is 2. The van der Waals surface area contributed by atoms with Gasteiger partial charge in [-0.1, -0.05) is 25.1 Å². The Bertz CT molecular complexity index is 623. The van der Waals surface area contributed by atoms with E-state index >= 15 is 0 Å². The van der Waals surface area contributed by atoms with Crippen LogP contribution in [0.3, 0.4) is 0 Å². The van der Waals surface area contributed by atoms with Gasteiger partial charge in [-0.2, -0.15) is 0 Å². The van der Waals surface area contributed by atoms with Crippen LogP contribution >= 0.6 is 0 Å². The molecule has 0 aliphatic heterocycles. The highest BCUT2D eigenvalue weighted by molar-refractivity contribution is 5.43. The van der Waals surface area contributed by atoms with Crippen LogP contribution in [0.5, 0.6) is 0 Å². The first kappa shape index (κ1) is 14.4. The molecule has 0 bridgehead atoms. The Morgan fingerprint density at radius 1 is 1.10 bits per heavy atom. The fourth-order valence-electron chi connectivity index (χ4n) is 2.37. The Labute approximate surface area is 120 Å². The van der Waals surface area contributed by atoms with E-state index in [1.165, 1.54) is 16.7 Å². The summed E-state index contributed by atoms with van der Waals surface area (Å²) in [5, 5.41) is 3.41. The fraction of sp³-hybridized carbons (Fsp3) is 0.353. The van der Waals surface area contributed by atoms with E-state index in [-0.39, 0.29) is 5.56 Å². The second kappa shape index (κ2) is 6.42. The summed E-state index contributed by atoms with van der Waals surface area (Å²) in [6.45, 7) is 7.87. The third-order valence-corrected chi connectivity index (χ3v) is 3.56. The quantitative estimate of drug-likeness (QED) is 0.902. The number of nitrogens with zero attached hydrogens (tertiary/aromatic N) is 1. The molecule has 2 aromatic rings. The summed E-state index contributed by atoms with van der Waals surface area (Å²) >= 11 is 0. The highest BCUT2D eigenvalue weighted by atomic mass is 16.1. The molecule has 1 aromatic carbocycles. The Morgan fingerprint density at radius 3 is 2.45 bits per heavy atom.